The zero-order valence-corrected chi connectivity index (χ0v) is 10.7. The van der Waals surface area contributed by atoms with Crippen molar-refractivity contribution in [2.24, 2.45) is 5.92 Å². The van der Waals surface area contributed by atoms with Crippen molar-refractivity contribution < 1.29 is 27.5 Å². The molecule has 1 rings (SSSR count). The van der Waals surface area contributed by atoms with Crippen LogP contribution in [0.2, 0.25) is 0 Å². The molecule has 0 spiro atoms. The minimum atomic E-state index is -4.78. The van der Waals surface area contributed by atoms with Crippen molar-refractivity contribution in [3.8, 4) is 5.75 Å². The summed E-state index contributed by atoms with van der Waals surface area (Å²) in [5, 5.41) is 0. The first-order chi connectivity index (χ1) is 9.19. The van der Waals surface area contributed by atoms with Crippen molar-refractivity contribution in [3.05, 3.63) is 29.8 Å². The second-order valence-corrected chi connectivity index (χ2v) is 4.17. The maximum Gasteiger partial charge on any atom is 0.573 e. The Morgan fingerprint density at radius 2 is 1.65 bits per heavy atom. The number of benzene rings is 1. The van der Waals surface area contributed by atoms with E-state index >= 15 is 0 Å². The Balaban J connectivity index is 2.60. The second kappa shape index (κ2) is 6.27. The van der Waals surface area contributed by atoms with E-state index in [-0.39, 0.29) is 17.4 Å². The fourth-order valence-corrected chi connectivity index (χ4v) is 1.14. The third-order valence-electron chi connectivity index (χ3n) is 2.17. The van der Waals surface area contributed by atoms with E-state index in [1.807, 2.05) is 0 Å². The molecule has 0 bridgehead atoms. The molecule has 0 aliphatic heterocycles. The lowest BCUT2D eigenvalue weighted by atomic mass is 10.2. The highest BCUT2D eigenvalue weighted by Crippen LogP contribution is 2.22. The fraction of sp³-hybridized carbons (Fsp3) is 0.333. The van der Waals surface area contributed by atoms with Gasteiger partial charge < -0.3 is 4.74 Å². The quantitative estimate of drug-likeness (QED) is 0.837. The van der Waals surface area contributed by atoms with Crippen LogP contribution in [0.15, 0.2) is 24.3 Å². The van der Waals surface area contributed by atoms with Crippen LogP contribution in [-0.4, -0.2) is 18.2 Å². The third kappa shape index (κ3) is 5.17. The van der Waals surface area contributed by atoms with Crippen LogP contribution in [0.3, 0.4) is 0 Å². The number of halogens is 3. The highest BCUT2D eigenvalue weighted by molar-refractivity contribution is 5.95. The van der Waals surface area contributed by atoms with Gasteiger partial charge in [0.1, 0.15) is 5.75 Å². The molecule has 0 heterocycles. The first kappa shape index (κ1) is 15.8. The van der Waals surface area contributed by atoms with Crippen LogP contribution in [0.25, 0.3) is 0 Å². The molecule has 0 saturated heterocycles. The average molecular weight is 290 g/mol. The zero-order chi connectivity index (χ0) is 15.3. The molecule has 0 radical (unpaired) electrons. The van der Waals surface area contributed by atoms with E-state index < -0.39 is 18.0 Å². The van der Waals surface area contributed by atoms with Crippen molar-refractivity contribution in [2.45, 2.75) is 20.2 Å². The molecule has 0 aliphatic rings. The lowest BCUT2D eigenvalue weighted by Crippen LogP contribution is -2.43. The molecule has 0 aromatic heterocycles. The number of hydrogen-bond donors (Lipinski definition) is 2. The molecule has 0 unspecified atom stereocenters. The zero-order valence-electron chi connectivity index (χ0n) is 10.7. The molecule has 8 heteroatoms. The number of ether oxygens (including phenoxy) is 1. The summed E-state index contributed by atoms with van der Waals surface area (Å²) in [5.74, 6) is -1.76. The number of hydrazine groups is 1. The molecule has 0 saturated carbocycles. The minimum absolute atomic E-state index is 0.0866. The first-order valence-corrected chi connectivity index (χ1v) is 5.65. The van der Waals surface area contributed by atoms with Crippen molar-refractivity contribution in [1.82, 2.24) is 10.9 Å². The monoisotopic (exact) mass is 290 g/mol. The number of nitrogens with one attached hydrogen (secondary N) is 2. The number of carbonyl (C=O) groups is 2. The van der Waals surface area contributed by atoms with E-state index in [9.17, 15) is 22.8 Å². The third-order valence-corrected chi connectivity index (χ3v) is 2.17. The van der Waals surface area contributed by atoms with Gasteiger partial charge in [-0.15, -0.1) is 13.2 Å². The van der Waals surface area contributed by atoms with Gasteiger partial charge in [0.25, 0.3) is 5.91 Å². The summed E-state index contributed by atoms with van der Waals surface area (Å²) in [6, 6.07) is 4.31. The van der Waals surface area contributed by atoms with Gasteiger partial charge in [-0.3, -0.25) is 20.4 Å². The van der Waals surface area contributed by atoms with E-state index in [0.717, 1.165) is 24.3 Å². The SMILES string of the molecule is CC(C)C(=O)NNC(=O)c1ccc(OC(F)(F)F)cc1. The summed E-state index contributed by atoms with van der Waals surface area (Å²) < 4.78 is 39.5. The number of carbonyl (C=O) groups excluding carboxylic acids is 2. The summed E-state index contributed by atoms with van der Waals surface area (Å²) in [6.07, 6.45) is -4.78. The van der Waals surface area contributed by atoms with Crippen LogP contribution in [0, 0.1) is 5.92 Å². The Labute approximate surface area is 113 Å². The summed E-state index contributed by atoms with van der Waals surface area (Å²) in [7, 11) is 0. The van der Waals surface area contributed by atoms with Crippen LogP contribution >= 0.6 is 0 Å². The topological polar surface area (TPSA) is 67.4 Å². The minimum Gasteiger partial charge on any atom is -0.406 e. The summed E-state index contributed by atoms with van der Waals surface area (Å²) in [6.45, 7) is 3.29. The van der Waals surface area contributed by atoms with E-state index in [0.29, 0.717) is 0 Å². The lowest BCUT2D eigenvalue weighted by molar-refractivity contribution is -0.274. The Hall–Kier alpha value is -2.25. The molecule has 110 valence electrons. The van der Waals surface area contributed by atoms with Gasteiger partial charge in [-0.05, 0) is 24.3 Å². The summed E-state index contributed by atoms with van der Waals surface area (Å²) in [5.41, 5.74) is 4.42. The maximum absolute atomic E-state index is 11.9. The predicted molar refractivity (Wildman–Crippen MR) is 63.6 cm³/mol. The molecule has 1 aromatic carbocycles. The Morgan fingerprint density at radius 1 is 1.10 bits per heavy atom. The van der Waals surface area contributed by atoms with Crippen LogP contribution in [-0.2, 0) is 4.79 Å². The van der Waals surface area contributed by atoms with E-state index in [1.54, 1.807) is 13.8 Å². The average Bonchev–Trinajstić information content (AvgIpc) is 2.34. The number of hydrogen-bond acceptors (Lipinski definition) is 3. The number of alkyl halides is 3. The fourth-order valence-electron chi connectivity index (χ4n) is 1.14. The van der Waals surface area contributed by atoms with Gasteiger partial charge >= 0.3 is 6.36 Å². The largest absolute Gasteiger partial charge is 0.573 e. The van der Waals surface area contributed by atoms with Crippen LogP contribution in [0.1, 0.15) is 24.2 Å². The van der Waals surface area contributed by atoms with Crippen molar-refractivity contribution >= 4 is 11.8 Å². The van der Waals surface area contributed by atoms with Crippen molar-refractivity contribution in [2.75, 3.05) is 0 Å². The second-order valence-electron chi connectivity index (χ2n) is 4.17. The maximum atomic E-state index is 11.9. The summed E-state index contributed by atoms with van der Waals surface area (Å²) >= 11 is 0. The van der Waals surface area contributed by atoms with Crippen molar-refractivity contribution in [1.29, 1.82) is 0 Å². The van der Waals surface area contributed by atoms with E-state index in [2.05, 4.69) is 15.6 Å². The molecule has 2 amide bonds. The molecule has 0 atom stereocenters. The Bertz CT molecular complexity index is 484. The van der Waals surface area contributed by atoms with Crippen LogP contribution in [0.5, 0.6) is 5.75 Å². The molecular weight excluding hydrogens is 277 g/mol. The Kier molecular flexibility index (Phi) is 4.95. The molecule has 0 aliphatic carbocycles. The molecule has 2 N–H and O–H groups in total. The van der Waals surface area contributed by atoms with Gasteiger partial charge in [0.15, 0.2) is 0 Å². The van der Waals surface area contributed by atoms with E-state index in [4.69, 9.17) is 0 Å². The molecule has 0 fully saturated rings. The van der Waals surface area contributed by atoms with Crippen LogP contribution in [0.4, 0.5) is 13.2 Å². The molecular formula is C12H13F3N2O3. The van der Waals surface area contributed by atoms with Crippen LogP contribution < -0.4 is 15.6 Å². The normalized spacial score (nSPS) is 11.1. The van der Waals surface area contributed by atoms with Gasteiger partial charge in [-0.1, -0.05) is 13.8 Å². The number of rotatable bonds is 3. The van der Waals surface area contributed by atoms with Gasteiger partial charge in [-0.25, -0.2) is 0 Å². The smallest absolute Gasteiger partial charge is 0.406 e. The van der Waals surface area contributed by atoms with Gasteiger partial charge in [-0.2, -0.15) is 0 Å². The Morgan fingerprint density at radius 3 is 2.10 bits per heavy atom. The highest BCUT2D eigenvalue weighted by atomic mass is 19.4. The first-order valence-electron chi connectivity index (χ1n) is 5.65. The van der Waals surface area contributed by atoms with Crippen molar-refractivity contribution in [3.63, 3.8) is 0 Å². The number of amides is 2. The molecule has 20 heavy (non-hydrogen) atoms. The van der Waals surface area contributed by atoms with E-state index in [1.165, 1.54) is 0 Å². The highest BCUT2D eigenvalue weighted by Gasteiger charge is 2.31. The van der Waals surface area contributed by atoms with Gasteiger partial charge in [0, 0.05) is 11.5 Å². The summed E-state index contributed by atoms with van der Waals surface area (Å²) in [4.78, 5) is 22.8. The lowest BCUT2D eigenvalue weighted by Gasteiger charge is -2.10. The van der Waals surface area contributed by atoms with Gasteiger partial charge in [0.2, 0.25) is 5.91 Å². The standard InChI is InChI=1S/C12H13F3N2O3/c1-7(2)10(18)16-17-11(19)8-3-5-9(6-4-8)20-12(13,14)15/h3-7H,1-2H3,(H,16,18)(H,17,19). The molecule has 5 nitrogen and oxygen atoms in total. The predicted octanol–water partition coefficient (Wildman–Crippen LogP) is 2.00. The molecule has 1 aromatic rings. The van der Waals surface area contributed by atoms with Gasteiger partial charge in [0.05, 0.1) is 0 Å².